The summed E-state index contributed by atoms with van der Waals surface area (Å²) < 4.78 is 5.33. The number of ether oxygens (including phenoxy) is 1. The van der Waals surface area contributed by atoms with Gasteiger partial charge in [-0.25, -0.2) is 0 Å². The van der Waals surface area contributed by atoms with Crippen LogP contribution in [-0.2, 0) is 9.53 Å². The predicted molar refractivity (Wildman–Crippen MR) is 48.7 cm³/mol. The van der Waals surface area contributed by atoms with Crippen LogP contribution in [0.3, 0.4) is 0 Å². The first-order valence-corrected chi connectivity index (χ1v) is 4.17. The van der Waals surface area contributed by atoms with Crippen molar-refractivity contribution in [2.45, 2.75) is 33.3 Å². The molecule has 0 aliphatic carbocycles. The lowest BCUT2D eigenvalue weighted by Crippen LogP contribution is -2.15. The van der Waals surface area contributed by atoms with Gasteiger partial charge in [0.05, 0.1) is 6.10 Å². The monoisotopic (exact) mass is 171 g/mol. The normalized spacial score (nSPS) is 14.4. The van der Waals surface area contributed by atoms with Gasteiger partial charge in [-0.1, -0.05) is 6.92 Å². The van der Waals surface area contributed by atoms with Gasteiger partial charge in [0, 0.05) is 12.2 Å². The zero-order valence-corrected chi connectivity index (χ0v) is 7.96. The molecule has 0 spiro atoms. The first-order chi connectivity index (χ1) is 5.57. The lowest BCUT2D eigenvalue weighted by atomic mass is 10.2. The van der Waals surface area contributed by atoms with Crippen LogP contribution in [0.25, 0.3) is 0 Å². The van der Waals surface area contributed by atoms with E-state index < -0.39 is 0 Å². The largest absolute Gasteiger partial charge is 0.374 e. The molecule has 0 aromatic rings. The number of hydrogen-bond acceptors (Lipinski definition) is 2. The SMILES string of the molecule is CCCOC(C)/C=C(/C)C(N)=O. The molecular weight excluding hydrogens is 154 g/mol. The van der Waals surface area contributed by atoms with Crippen LogP contribution < -0.4 is 5.73 Å². The first-order valence-electron chi connectivity index (χ1n) is 4.17. The molecule has 3 nitrogen and oxygen atoms in total. The van der Waals surface area contributed by atoms with E-state index >= 15 is 0 Å². The molecule has 0 aliphatic rings. The van der Waals surface area contributed by atoms with Gasteiger partial charge in [0.1, 0.15) is 0 Å². The molecule has 0 saturated heterocycles. The molecule has 12 heavy (non-hydrogen) atoms. The average molecular weight is 171 g/mol. The van der Waals surface area contributed by atoms with Gasteiger partial charge in [-0.05, 0) is 26.3 Å². The number of carbonyl (C=O) groups is 1. The van der Waals surface area contributed by atoms with Crippen LogP contribution in [0.2, 0.25) is 0 Å². The van der Waals surface area contributed by atoms with Crippen molar-refractivity contribution in [2.75, 3.05) is 6.61 Å². The zero-order chi connectivity index (χ0) is 9.56. The van der Waals surface area contributed by atoms with E-state index in [2.05, 4.69) is 0 Å². The van der Waals surface area contributed by atoms with Crippen LogP contribution >= 0.6 is 0 Å². The highest BCUT2D eigenvalue weighted by atomic mass is 16.5. The van der Waals surface area contributed by atoms with E-state index in [-0.39, 0.29) is 12.0 Å². The van der Waals surface area contributed by atoms with E-state index in [1.165, 1.54) is 0 Å². The number of hydrogen-bond donors (Lipinski definition) is 1. The molecule has 0 saturated carbocycles. The van der Waals surface area contributed by atoms with Gasteiger partial charge in [-0.15, -0.1) is 0 Å². The van der Waals surface area contributed by atoms with Crippen molar-refractivity contribution < 1.29 is 9.53 Å². The molecule has 1 atom stereocenters. The quantitative estimate of drug-likeness (QED) is 0.632. The van der Waals surface area contributed by atoms with Crippen LogP contribution in [-0.4, -0.2) is 18.6 Å². The van der Waals surface area contributed by atoms with Gasteiger partial charge in [0.15, 0.2) is 0 Å². The summed E-state index contributed by atoms with van der Waals surface area (Å²) in [5.41, 5.74) is 5.60. The molecule has 2 N–H and O–H groups in total. The van der Waals surface area contributed by atoms with Crippen LogP contribution in [0, 0.1) is 0 Å². The molecule has 0 bridgehead atoms. The standard InChI is InChI=1S/C9H17NO2/c1-4-5-12-8(3)6-7(2)9(10)11/h6,8H,4-5H2,1-3H3,(H2,10,11)/b7-6-. The van der Waals surface area contributed by atoms with Crippen molar-refractivity contribution in [2.24, 2.45) is 5.73 Å². The zero-order valence-electron chi connectivity index (χ0n) is 7.96. The molecule has 0 rings (SSSR count). The van der Waals surface area contributed by atoms with E-state index in [1.54, 1.807) is 13.0 Å². The summed E-state index contributed by atoms with van der Waals surface area (Å²) in [6.07, 6.45) is 2.68. The van der Waals surface area contributed by atoms with Crippen molar-refractivity contribution in [1.82, 2.24) is 0 Å². The van der Waals surface area contributed by atoms with Crippen LogP contribution in [0.15, 0.2) is 11.6 Å². The molecular formula is C9H17NO2. The minimum Gasteiger partial charge on any atom is -0.374 e. The summed E-state index contributed by atoms with van der Waals surface area (Å²) >= 11 is 0. The Morgan fingerprint density at radius 3 is 2.67 bits per heavy atom. The van der Waals surface area contributed by atoms with E-state index in [0.29, 0.717) is 12.2 Å². The smallest absolute Gasteiger partial charge is 0.244 e. The Morgan fingerprint density at radius 2 is 2.25 bits per heavy atom. The Bertz CT molecular complexity index is 175. The maximum Gasteiger partial charge on any atom is 0.244 e. The van der Waals surface area contributed by atoms with Crippen molar-refractivity contribution in [3.05, 3.63) is 11.6 Å². The number of primary amides is 1. The Hall–Kier alpha value is -0.830. The van der Waals surface area contributed by atoms with Crippen LogP contribution in [0.5, 0.6) is 0 Å². The van der Waals surface area contributed by atoms with E-state index in [1.807, 2.05) is 13.8 Å². The van der Waals surface area contributed by atoms with Crippen molar-refractivity contribution in [3.8, 4) is 0 Å². The summed E-state index contributed by atoms with van der Waals surface area (Å²) in [5.74, 6) is -0.387. The van der Waals surface area contributed by atoms with Gasteiger partial charge >= 0.3 is 0 Å². The topological polar surface area (TPSA) is 52.3 Å². The van der Waals surface area contributed by atoms with Gasteiger partial charge in [0.25, 0.3) is 0 Å². The number of amides is 1. The van der Waals surface area contributed by atoms with Crippen LogP contribution in [0.4, 0.5) is 0 Å². The molecule has 0 heterocycles. The summed E-state index contributed by atoms with van der Waals surface area (Å²) in [4.78, 5) is 10.6. The van der Waals surface area contributed by atoms with Crippen molar-refractivity contribution in [3.63, 3.8) is 0 Å². The summed E-state index contributed by atoms with van der Waals surface area (Å²) in [6.45, 7) is 6.33. The molecule has 0 fully saturated rings. The predicted octanol–water partition coefficient (Wildman–Crippen LogP) is 1.23. The average Bonchev–Trinajstić information content (AvgIpc) is 2.00. The maximum atomic E-state index is 10.6. The lowest BCUT2D eigenvalue weighted by molar-refractivity contribution is -0.114. The Balaban J connectivity index is 3.87. The van der Waals surface area contributed by atoms with E-state index in [4.69, 9.17) is 10.5 Å². The Morgan fingerprint density at radius 1 is 1.67 bits per heavy atom. The molecule has 0 aromatic heterocycles. The fraction of sp³-hybridized carbons (Fsp3) is 0.667. The molecule has 0 aliphatic heterocycles. The minimum atomic E-state index is -0.387. The Labute approximate surface area is 73.6 Å². The first kappa shape index (κ1) is 11.2. The molecule has 1 amide bonds. The molecule has 0 aromatic carbocycles. The second-order valence-electron chi connectivity index (χ2n) is 2.79. The summed E-state index contributed by atoms with van der Waals surface area (Å²) in [5, 5.41) is 0. The number of carbonyl (C=O) groups excluding carboxylic acids is 1. The van der Waals surface area contributed by atoms with E-state index in [0.717, 1.165) is 6.42 Å². The second kappa shape index (κ2) is 5.77. The van der Waals surface area contributed by atoms with Gasteiger partial charge in [-0.3, -0.25) is 4.79 Å². The summed E-state index contributed by atoms with van der Waals surface area (Å²) in [6, 6.07) is 0. The van der Waals surface area contributed by atoms with Gasteiger partial charge in [-0.2, -0.15) is 0 Å². The fourth-order valence-corrected chi connectivity index (χ4v) is 0.786. The second-order valence-corrected chi connectivity index (χ2v) is 2.79. The molecule has 0 radical (unpaired) electrons. The number of nitrogens with two attached hydrogens (primary N) is 1. The van der Waals surface area contributed by atoms with Gasteiger partial charge < -0.3 is 10.5 Å². The third-order valence-corrected chi connectivity index (χ3v) is 1.46. The molecule has 3 heteroatoms. The summed E-state index contributed by atoms with van der Waals surface area (Å²) in [7, 11) is 0. The highest BCUT2D eigenvalue weighted by Crippen LogP contribution is 1.99. The molecule has 70 valence electrons. The van der Waals surface area contributed by atoms with Crippen molar-refractivity contribution in [1.29, 1.82) is 0 Å². The van der Waals surface area contributed by atoms with Crippen molar-refractivity contribution >= 4 is 5.91 Å². The van der Waals surface area contributed by atoms with Gasteiger partial charge in [0.2, 0.25) is 5.91 Å². The lowest BCUT2D eigenvalue weighted by Gasteiger charge is -2.07. The third-order valence-electron chi connectivity index (χ3n) is 1.46. The minimum absolute atomic E-state index is 0.0301. The number of rotatable bonds is 5. The van der Waals surface area contributed by atoms with Crippen LogP contribution in [0.1, 0.15) is 27.2 Å². The third kappa shape index (κ3) is 4.91. The maximum absolute atomic E-state index is 10.6. The highest BCUT2D eigenvalue weighted by Gasteiger charge is 2.01. The fourth-order valence-electron chi connectivity index (χ4n) is 0.786. The Kier molecular flexibility index (Phi) is 5.37. The highest BCUT2D eigenvalue weighted by molar-refractivity contribution is 5.91. The molecule has 1 unspecified atom stereocenters. The van der Waals surface area contributed by atoms with E-state index in [9.17, 15) is 4.79 Å².